The van der Waals surface area contributed by atoms with Crippen molar-refractivity contribution in [3.63, 3.8) is 0 Å². The molecule has 0 bridgehead atoms. The molecule has 1 aliphatic heterocycles. The van der Waals surface area contributed by atoms with E-state index in [2.05, 4.69) is 34.7 Å². The normalized spacial score (nSPS) is 25.7. The predicted molar refractivity (Wildman–Crippen MR) is 82.0 cm³/mol. The maximum Gasteiger partial charge on any atom is 0.272 e. The quantitative estimate of drug-likeness (QED) is 0.797. The fourth-order valence-electron chi connectivity index (χ4n) is 3.60. The minimum atomic E-state index is -0.0100. The van der Waals surface area contributed by atoms with Crippen LogP contribution in [0.25, 0.3) is 0 Å². The highest BCUT2D eigenvalue weighted by atomic mass is 16.2. The maximum atomic E-state index is 12.4. The molecule has 0 radical (unpaired) electrons. The third-order valence-electron chi connectivity index (χ3n) is 5.07. The number of aromatic nitrogens is 2. The summed E-state index contributed by atoms with van der Waals surface area (Å²) in [6.45, 7) is 6.29. The lowest BCUT2D eigenvalue weighted by molar-refractivity contribution is 0.0911. The number of hydrogen-bond donors (Lipinski definition) is 3. The molecular formula is C16H26N4O. The number of carbonyl (C=O) groups is 1. The Morgan fingerprint density at radius 2 is 2.05 bits per heavy atom. The van der Waals surface area contributed by atoms with E-state index in [1.54, 1.807) is 0 Å². The maximum absolute atomic E-state index is 12.4. The fraction of sp³-hybridized carbons (Fsp3) is 0.750. The average Bonchev–Trinajstić information content (AvgIpc) is 2.92. The molecule has 3 rings (SSSR count). The smallest absolute Gasteiger partial charge is 0.272 e. The molecule has 0 saturated heterocycles. The van der Waals surface area contributed by atoms with Crippen LogP contribution in [0.15, 0.2) is 0 Å². The number of hydrogen-bond acceptors (Lipinski definition) is 3. The van der Waals surface area contributed by atoms with Gasteiger partial charge in [0.1, 0.15) is 0 Å². The fourth-order valence-corrected chi connectivity index (χ4v) is 3.60. The lowest BCUT2D eigenvalue weighted by Crippen LogP contribution is -2.39. The molecule has 2 heterocycles. The van der Waals surface area contributed by atoms with Gasteiger partial charge in [0.2, 0.25) is 0 Å². The van der Waals surface area contributed by atoms with E-state index in [-0.39, 0.29) is 5.91 Å². The van der Waals surface area contributed by atoms with Crippen LogP contribution >= 0.6 is 0 Å². The Balaban J connectivity index is 1.59. The number of amides is 1. The van der Waals surface area contributed by atoms with E-state index in [9.17, 15) is 4.79 Å². The molecule has 1 aromatic heterocycles. The highest BCUT2D eigenvalue weighted by Crippen LogP contribution is 2.30. The van der Waals surface area contributed by atoms with E-state index in [0.29, 0.717) is 11.7 Å². The highest BCUT2D eigenvalue weighted by molar-refractivity contribution is 5.94. The Kier molecular flexibility index (Phi) is 4.29. The summed E-state index contributed by atoms with van der Waals surface area (Å²) in [4.78, 5) is 12.4. The summed E-state index contributed by atoms with van der Waals surface area (Å²) < 4.78 is 0. The van der Waals surface area contributed by atoms with Gasteiger partial charge in [-0.3, -0.25) is 9.89 Å². The summed E-state index contributed by atoms with van der Waals surface area (Å²) in [5.41, 5.74) is 2.75. The second-order valence-corrected chi connectivity index (χ2v) is 6.79. The van der Waals surface area contributed by atoms with Gasteiger partial charge in [-0.2, -0.15) is 5.10 Å². The summed E-state index contributed by atoms with van der Waals surface area (Å²) in [5.74, 6) is 1.57. The zero-order valence-corrected chi connectivity index (χ0v) is 13.0. The lowest BCUT2D eigenvalue weighted by atomic mass is 9.79. The van der Waals surface area contributed by atoms with Crippen LogP contribution in [0.1, 0.15) is 61.3 Å². The van der Waals surface area contributed by atoms with Gasteiger partial charge in [-0.25, -0.2) is 0 Å². The van der Waals surface area contributed by atoms with Crippen molar-refractivity contribution in [2.75, 3.05) is 6.54 Å². The molecule has 0 spiro atoms. The first-order valence-corrected chi connectivity index (χ1v) is 8.23. The molecule has 1 amide bonds. The summed E-state index contributed by atoms with van der Waals surface area (Å²) in [6.07, 6.45) is 5.57. The number of H-pyrrole nitrogens is 1. The number of nitrogens with one attached hydrogen (secondary N) is 3. The van der Waals surface area contributed by atoms with Crippen LogP contribution < -0.4 is 10.6 Å². The van der Waals surface area contributed by atoms with Gasteiger partial charge in [0.25, 0.3) is 5.91 Å². The summed E-state index contributed by atoms with van der Waals surface area (Å²) in [5, 5.41) is 13.7. The van der Waals surface area contributed by atoms with Gasteiger partial charge in [-0.1, -0.05) is 13.8 Å². The highest BCUT2D eigenvalue weighted by Gasteiger charge is 2.27. The van der Waals surface area contributed by atoms with E-state index >= 15 is 0 Å². The number of nitrogens with zero attached hydrogens (tertiary/aromatic N) is 1. The second kappa shape index (κ2) is 6.18. The van der Waals surface area contributed by atoms with Crippen molar-refractivity contribution in [2.24, 2.45) is 11.8 Å². The van der Waals surface area contributed by atoms with Gasteiger partial charge in [0.05, 0.1) is 0 Å². The van der Waals surface area contributed by atoms with Crippen molar-refractivity contribution in [3.8, 4) is 0 Å². The summed E-state index contributed by atoms with van der Waals surface area (Å²) >= 11 is 0. The molecule has 5 heteroatoms. The van der Waals surface area contributed by atoms with Crippen molar-refractivity contribution in [3.05, 3.63) is 17.0 Å². The first-order valence-electron chi connectivity index (χ1n) is 8.23. The first-order chi connectivity index (χ1) is 10.1. The lowest BCUT2D eigenvalue weighted by Gasteiger charge is -2.31. The van der Waals surface area contributed by atoms with Crippen LogP contribution in [-0.4, -0.2) is 28.7 Å². The molecule has 21 heavy (non-hydrogen) atoms. The number of carbonyl (C=O) groups excluding carboxylic acids is 1. The molecule has 1 saturated carbocycles. The monoisotopic (exact) mass is 290 g/mol. The van der Waals surface area contributed by atoms with Crippen LogP contribution in [0.4, 0.5) is 0 Å². The van der Waals surface area contributed by atoms with Gasteiger partial charge in [-0.05, 0) is 37.5 Å². The minimum absolute atomic E-state index is 0.0100. The first kappa shape index (κ1) is 14.6. The van der Waals surface area contributed by atoms with Crippen molar-refractivity contribution in [1.82, 2.24) is 20.8 Å². The second-order valence-electron chi connectivity index (χ2n) is 6.79. The van der Waals surface area contributed by atoms with Gasteiger partial charge >= 0.3 is 0 Å². The minimum Gasteiger partial charge on any atom is -0.348 e. The van der Waals surface area contributed by atoms with Gasteiger partial charge < -0.3 is 10.6 Å². The number of aromatic amines is 1. The molecule has 2 aliphatic rings. The van der Waals surface area contributed by atoms with Crippen LogP contribution in [-0.2, 0) is 13.0 Å². The van der Waals surface area contributed by atoms with Crippen LogP contribution in [0.3, 0.4) is 0 Å². The number of fused-ring (bicyclic) bond motifs is 1. The molecule has 116 valence electrons. The van der Waals surface area contributed by atoms with Gasteiger partial charge in [-0.15, -0.1) is 0 Å². The molecule has 0 aromatic carbocycles. The average molecular weight is 290 g/mol. The Bertz CT molecular complexity index is 500. The molecule has 3 N–H and O–H groups in total. The van der Waals surface area contributed by atoms with Crippen molar-refractivity contribution in [1.29, 1.82) is 0 Å². The molecule has 1 fully saturated rings. The molecule has 1 aromatic rings. The van der Waals surface area contributed by atoms with E-state index in [0.717, 1.165) is 55.4 Å². The Labute approximate surface area is 126 Å². The Morgan fingerprint density at radius 1 is 1.29 bits per heavy atom. The molecule has 0 atom stereocenters. The largest absolute Gasteiger partial charge is 0.348 e. The third kappa shape index (κ3) is 3.12. The van der Waals surface area contributed by atoms with E-state index in [4.69, 9.17) is 0 Å². The van der Waals surface area contributed by atoms with E-state index in [1.165, 1.54) is 12.8 Å². The number of rotatable bonds is 3. The van der Waals surface area contributed by atoms with E-state index < -0.39 is 0 Å². The van der Waals surface area contributed by atoms with Crippen LogP contribution in [0.2, 0.25) is 0 Å². The zero-order valence-electron chi connectivity index (χ0n) is 13.0. The van der Waals surface area contributed by atoms with Gasteiger partial charge in [0, 0.05) is 36.8 Å². The molecule has 1 aliphatic carbocycles. The van der Waals surface area contributed by atoms with Crippen LogP contribution in [0.5, 0.6) is 0 Å². The summed E-state index contributed by atoms with van der Waals surface area (Å²) in [7, 11) is 0. The standard InChI is InChI=1S/C16H26N4O/c1-10(2)11-3-5-12(6-4-11)18-16(21)15-13-9-17-8-7-14(13)19-20-15/h10-12,17H,3-9H2,1-2H3,(H,18,21)(H,19,20). The Morgan fingerprint density at radius 3 is 2.76 bits per heavy atom. The van der Waals surface area contributed by atoms with Crippen molar-refractivity contribution in [2.45, 2.75) is 58.5 Å². The van der Waals surface area contributed by atoms with Crippen molar-refractivity contribution >= 4 is 5.91 Å². The van der Waals surface area contributed by atoms with Crippen LogP contribution in [0, 0.1) is 11.8 Å². The topological polar surface area (TPSA) is 69.8 Å². The third-order valence-corrected chi connectivity index (χ3v) is 5.07. The predicted octanol–water partition coefficient (Wildman–Crippen LogP) is 2.00. The zero-order chi connectivity index (χ0) is 14.8. The van der Waals surface area contributed by atoms with Gasteiger partial charge in [0.15, 0.2) is 5.69 Å². The van der Waals surface area contributed by atoms with Crippen molar-refractivity contribution < 1.29 is 4.79 Å². The van der Waals surface area contributed by atoms with E-state index in [1.807, 2.05) is 0 Å². The molecule has 5 nitrogen and oxygen atoms in total. The summed E-state index contributed by atoms with van der Waals surface area (Å²) in [6, 6.07) is 0.316. The Hall–Kier alpha value is -1.36. The molecule has 0 unspecified atom stereocenters. The SMILES string of the molecule is CC(C)C1CCC(NC(=O)c2n[nH]c3c2CNCC3)CC1. The molecular weight excluding hydrogens is 264 g/mol.